The Balaban J connectivity index is 1.35. The van der Waals surface area contributed by atoms with E-state index >= 15 is 0 Å². The number of fused-ring (bicyclic) bond motifs is 1. The van der Waals surface area contributed by atoms with E-state index in [1.165, 1.54) is 29.7 Å². The summed E-state index contributed by atoms with van der Waals surface area (Å²) in [5.41, 5.74) is 3.46. The van der Waals surface area contributed by atoms with Crippen LogP contribution in [0.1, 0.15) is 30.1 Å². The van der Waals surface area contributed by atoms with Crippen molar-refractivity contribution in [1.82, 2.24) is 4.98 Å². The molecule has 142 valence electrons. The number of aromatic nitrogens is 1. The standard InChI is InChI=1S/C23H28N2O2/c1-27-19-7-8-22-20(14-19)21(15-24-22)23(26)16-25-11-9-18(10-12-25)13-17-5-3-2-4-6-17/h2-8,14-15,18,23-24,26H,9-13,16H2,1H3/p+1/t23-/m1/s1. The molecule has 4 nitrogen and oxygen atoms in total. The molecule has 1 aliphatic heterocycles. The molecule has 0 unspecified atom stereocenters. The van der Waals surface area contributed by atoms with E-state index in [1.54, 1.807) is 7.11 Å². The Morgan fingerprint density at radius 1 is 1.15 bits per heavy atom. The van der Waals surface area contributed by atoms with Gasteiger partial charge in [0.25, 0.3) is 0 Å². The SMILES string of the molecule is COc1ccc2[nH]cc([C@H](O)C[NH+]3CCC(Cc4ccccc4)CC3)c2c1. The molecule has 4 rings (SSSR count). The lowest BCUT2D eigenvalue weighted by Crippen LogP contribution is -3.13. The van der Waals surface area contributed by atoms with E-state index in [9.17, 15) is 5.11 Å². The van der Waals surface area contributed by atoms with Gasteiger partial charge in [0, 0.05) is 22.7 Å². The smallest absolute Gasteiger partial charge is 0.130 e. The fourth-order valence-corrected chi connectivity index (χ4v) is 4.35. The van der Waals surface area contributed by atoms with Crippen LogP contribution < -0.4 is 9.64 Å². The van der Waals surface area contributed by atoms with E-state index in [2.05, 4.69) is 35.3 Å². The van der Waals surface area contributed by atoms with E-state index in [1.807, 2.05) is 24.4 Å². The summed E-state index contributed by atoms with van der Waals surface area (Å²) in [5, 5.41) is 11.9. The first-order valence-corrected chi connectivity index (χ1v) is 9.93. The minimum atomic E-state index is -0.452. The number of likely N-dealkylation sites (tertiary alicyclic amines) is 1. The second kappa shape index (κ2) is 8.15. The van der Waals surface area contributed by atoms with Crippen LogP contribution in [0.4, 0.5) is 0 Å². The van der Waals surface area contributed by atoms with Crippen LogP contribution in [-0.4, -0.2) is 36.8 Å². The van der Waals surface area contributed by atoms with Gasteiger partial charge in [0.2, 0.25) is 0 Å². The van der Waals surface area contributed by atoms with Gasteiger partial charge >= 0.3 is 0 Å². The van der Waals surface area contributed by atoms with Crippen molar-refractivity contribution in [2.45, 2.75) is 25.4 Å². The van der Waals surface area contributed by atoms with Gasteiger partial charge in [-0.2, -0.15) is 0 Å². The summed E-state index contributed by atoms with van der Waals surface area (Å²) in [6.07, 6.45) is 5.14. The summed E-state index contributed by atoms with van der Waals surface area (Å²) < 4.78 is 5.34. The van der Waals surface area contributed by atoms with Gasteiger partial charge in [-0.1, -0.05) is 30.3 Å². The highest BCUT2D eigenvalue weighted by atomic mass is 16.5. The fraction of sp³-hybridized carbons (Fsp3) is 0.391. The van der Waals surface area contributed by atoms with E-state index in [4.69, 9.17) is 4.74 Å². The van der Waals surface area contributed by atoms with Gasteiger partial charge in [0.15, 0.2) is 0 Å². The molecule has 0 spiro atoms. The third kappa shape index (κ3) is 4.18. The number of piperidine rings is 1. The maximum absolute atomic E-state index is 10.8. The summed E-state index contributed by atoms with van der Waals surface area (Å²) >= 11 is 0. The van der Waals surface area contributed by atoms with E-state index in [0.717, 1.165) is 47.8 Å². The first-order chi connectivity index (χ1) is 13.2. The molecular formula is C23H29N2O2+. The molecule has 1 aliphatic rings. The Morgan fingerprint density at radius 3 is 2.67 bits per heavy atom. The molecule has 2 aromatic carbocycles. The maximum atomic E-state index is 10.8. The number of H-pyrrole nitrogens is 1. The van der Waals surface area contributed by atoms with Gasteiger partial charge in [-0.05, 0) is 48.9 Å². The lowest BCUT2D eigenvalue weighted by Gasteiger charge is -2.30. The second-order valence-corrected chi connectivity index (χ2v) is 7.76. The number of rotatable bonds is 6. The zero-order chi connectivity index (χ0) is 18.6. The number of quaternary nitrogens is 1. The lowest BCUT2D eigenvalue weighted by atomic mass is 9.90. The van der Waals surface area contributed by atoms with Gasteiger partial charge < -0.3 is 19.7 Å². The van der Waals surface area contributed by atoms with Crippen LogP contribution in [-0.2, 0) is 6.42 Å². The zero-order valence-corrected chi connectivity index (χ0v) is 15.9. The Labute approximate surface area is 160 Å². The van der Waals surface area contributed by atoms with E-state index in [-0.39, 0.29) is 0 Å². The highest BCUT2D eigenvalue weighted by Gasteiger charge is 2.25. The maximum Gasteiger partial charge on any atom is 0.130 e. The third-order valence-corrected chi connectivity index (χ3v) is 5.94. The summed E-state index contributed by atoms with van der Waals surface area (Å²) in [6, 6.07) is 16.8. The molecule has 0 radical (unpaired) electrons. The van der Waals surface area contributed by atoms with Crippen molar-refractivity contribution in [2.24, 2.45) is 5.92 Å². The molecule has 0 aliphatic carbocycles. The predicted molar refractivity (Wildman–Crippen MR) is 108 cm³/mol. The van der Waals surface area contributed by atoms with Crippen LogP contribution >= 0.6 is 0 Å². The quantitative estimate of drug-likeness (QED) is 0.629. The highest BCUT2D eigenvalue weighted by molar-refractivity contribution is 5.85. The Bertz CT molecular complexity index is 866. The van der Waals surface area contributed by atoms with Crippen molar-refractivity contribution in [3.63, 3.8) is 0 Å². The average Bonchev–Trinajstić information content (AvgIpc) is 3.13. The summed E-state index contributed by atoms with van der Waals surface area (Å²) in [5.74, 6) is 1.59. The zero-order valence-electron chi connectivity index (χ0n) is 15.9. The number of benzene rings is 2. The predicted octanol–water partition coefficient (Wildman–Crippen LogP) is 2.75. The first kappa shape index (κ1) is 18.1. The average molecular weight is 365 g/mol. The minimum absolute atomic E-state index is 0.452. The highest BCUT2D eigenvalue weighted by Crippen LogP contribution is 2.27. The van der Waals surface area contributed by atoms with Gasteiger partial charge in [0.1, 0.15) is 18.4 Å². The largest absolute Gasteiger partial charge is 0.497 e. The van der Waals surface area contributed by atoms with Gasteiger partial charge in [-0.25, -0.2) is 0 Å². The number of hydrogen-bond donors (Lipinski definition) is 3. The molecule has 1 fully saturated rings. The van der Waals surface area contributed by atoms with Crippen molar-refractivity contribution in [3.8, 4) is 5.75 Å². The number of methoxy groups -OCH3 is 1. The Hall–Kier alpha value is -2.30. The number of ether oxygens (including phenoxy) is 1. The van der Waals surface area contributed by atoms with Crippen molar-refractivity contribution in [2.75, 3.05) is 26.7 Å². The van der Waals surface area contributed by atoms with Gasteiger partial charge in [-0.15, -0.1) is 0 Å². The van der Waals surface area contributed by atoms with Gasteiger partial charge in [-0.3, -0.25) is 0 Å². The van der Waals surface area contributed by atoms with Crippen LogP contribution in [0.2, 0.25) is 0 Å². The first-order valence-electron chi connectivity index (χ1n) is 9.93. The molecule has 3 aromatic rings. The van der Waals surface area contributed by atoms with Crippen LogP contribution in [0.25, 0.3) is 10.9 Å². The second-order valence-electron chi connectivity index (χ2n) is 7.76. The van der Waals surface area contributed by atoms with Gasteiger partial charge in [0.05, 0.1) is 20.2 Å². The van der Waals surface area contributed by atoms with E-state index in [0.29, 0.717) is 0 Å². The van der Waals surface area contributed by atoms with Crippen LogP contribution in [0.5, 0.6) is 5.75 Å². The van der Waals surface area contributed by atoms with Crippen LogP contribution in [0.3, 0.4) is 0 Å². The summed E-state index contributed by atoms with van der Waals surface area (Å²) in [6.45, 7) is 3.04. The molecule has 2 heterocycles. The number of aliphatic hydroxyl groups excluding tert-OH is 1. The fourth-order valence-electron chi connectivity index (χ4n) is 4.35. The third-order valence-electron chi connectivity index (χ3n) is 5.94. The summed E-state index contributed by atoms with van der Waals surface area (Å²) in [7, 11) is 1.67. The number of aliphatic hydroxyl groups is 1. The molecule has 4 heteroatoms. The van der Waals surface area contributed by atoms with E-state index < -0.39 is 6.10 Å². The molecule has 0 amide bonds. The Morgan fingerprint density at radius 2 is 1.93 bits per heavy atom. The number of hydrogen-bond acceptors (Lipinski definition) is 2. The normalized spacial score (nSPS) is 21.3. The monoisotopic (exact) mass is 365 g/mol. The molecule has 0 bridgehead atoms. The lowest BCUT2D eigenvalue weighted by molar-refractivity contribution is -0.910. The van der Waals surface area contributed by atoms with Crippen molar-refractivity contribution < 1.29 is 14.7 Å². The minimum Gasteiger partial charge on any atom is -0.497 e. The topological polar surface area (TPSA) is 49.7 Å². The van der Waals surface area contributed by atoms with Crippen molar-refractivity contribution in [1.29, 1.82) is 0 Å². The number of aromatic amines is 1. The molecule has 1 aromatic heterocycles. The molecule has 0 saturated carbocycles. The molecule has 3 N–H and O–H groups in total. The molecular weight excluding hydrogens is 336 g/mol. The Kier molecular flexibility index (Phi) is 5.46. The molecule has 1 saturated heterocycles. The van der Waals surface area contributed by atoms with Crippen LogP contribution in [0, 0.1) is 5.92 Å². The van der Waals surface area contributed by atoms with Crippen molar-refractivity contribution in [3.05, 3.63) is 65.9 Å². The molecule has 27 heavy (non-hydrogen) atoms. The number of nitrogens with one attached hydrogen (secondary N) is 2. The van der Waals surface area contributed by atoms with Crippen molar-refractivity contribution >= 4 is 10.9 Å². The van der Waals surface area contributed by atoms with Crippen LogP contribution in [0.15, 0.2) is 54.7 Å². The summed E-state index contributed by atoms with van der Waals surface area (Å²) in [4.78, 5) is 4.77. The molecule has 1 atom stereocenters.